The second-order valence-corrected chi connectivity index (χ2v) is 3.49. The lowest BCUT2D eigenvalue weighted by atomic mass is 10.2. The molecule has 0 radical (unpaired) electrons. The monoisotopic (exact) mass is 217 g/mol. The highest BCUT2D eigenvalue weighted by atomic mass is 35.5. The molecule has 0 fully saturated rings. The van der Waals surface area contributed by atoms with E-state index >= 15 is 0 Å². The Morgan fingerprint density at radius 3 is 2.69 bits per heavy atom. The van der Waals surface area contributed by atoms with Crippen molar-refractivity contribution in [2.75, 3.05) is 0 Å². The fourth-order valence-electron chi connectivity index (χ4n) is 0.885. The second kappa shape index (κ2) is 4.49. The van der Waals surface area contributed by atoms with Crippen molar-refractivity contribution in [2.45, 2.75) is 13.5 Å². The van der Waals surface area contributed by atoms with Crippen LogP contribution in [-0.2, 0) is 11.3 Å². The minimum atomic E-state index is -0.0778. The summed E-state index contributed by atoms with van der Waals surface area (Å²) in [4.78, 5) is 10.6. The van der Waals surface area contributed by atoms with Gasteiger partial charge in [0.05, 0.1) is 0 Å². The predicted molar refractivity (Wildman–Crippen MR) is 54.0 cm³/mol. The maximum atomic E-state index is 10.6. The van der Waals surface area contributed by atoms with Crippen LogP contribution in [0.4, 0.5) is 0 Å². The van der Waals surface area contributed by atoms with E-state index in [0.717, 1.165) is 5.56 Å². The second-order valence-electron chi connectivity index (χ2n) is 2.65. The Kier molecular flexibility index (Phi) is 3.58. The van der Waals surface area contributed by atoms with Gasteiger partial charge in [-0.1, -0.05) is 29.3 Å². The zero-order valence-electron chi connectivity index (χ0n) is 7.10. The zero-order valence-corrected chi connectivity index (χ0v) is 8.62. The number of carbonyl (C=O) groups excluding carboxylic acids is 1. The summed E-state index contributed by atoms with van der Waals surface area (Å²) >= 11 is 11.6. The van der Waals surface area contributed by atoms with E-state index in [4.69, 9.17) is 23.2 Å². The van der Waals surface area contributed by atoms with Gasteiger partial charge in [0, 0.05) is 23.5 Å². The lowest BCUT2D eigenvalue weighted by molar-refractivity contribution is -0.119. The first-order valence-corrected chi connectivity index (χ1v) is 4.53. The summed E-state index contributed by atoms with van der Waals surface area (Å²) in [6.07, 6.45) is 0. The summed E-state index contributed by atoms with van der Waals surface area (Å²) in [5, 5.41) is 3.82. The normalized spacial score (nSPS) is 9.77. The van der Waals surface area contributed by atoms with E-state index in [-0.39, 0.29) is 5.91 Å². The van der Waals surface area contributed by atoms with E-state index in [0.29, 0.717) is 16.6 Å². The quantitative estimate of drug-likeness (QED) is 0.812. The number of hydrogen-bond donors (Lipinski definition) is 1. The zero-order chi connectivity index (χ0) is 9.84. The molecule has 0 aromatic heterocycles. The van der Waals surface area contributed by atoms with Crippen LogP contribution in [-0.4, -0.2) is 5.91 Å². The summed E-state index contributed by atoms with van der Waals surface area (Å²) in [6, 6.07) is 5.19. The molecular formula is C9H9Cl2NO. The molecule has 0 aliphatic carbocycles. The standard InChI is InChI=1S/C9H9Cl2NO/c1-6(13)12-5-7-2-3-8(10)4-9(7)11/h2-4H,5H2,1H3,(H,12,13). The fraction of sp³-hybridized carbons (Fsp3) is 0.222. The van der Waals surface area contributed by atoms with Gasteiger partial charge in [0.25, 0.3) is 0 Å². The summed E-state index contributed by atoms with van der Waals surface area (Å²) in [6.45, 7) is 1.90. The highest BCUT2D eigenvalue weighted by Crippen LogP contribution is 2.20. The van der Waals surface area contributed by atoms with Crippen molar-refractivity contribution in [1.82, 2.24) is 5.32 Å². The molecule has 1 aromatic carbocycles. The van der Waals surface area contributed by atoms with Gasteiger partial charge < -0.3 is 5.32 Å². The Morgan fingerprint density at radius 1 is 1.46 bits per heavy atom. The summed E-state index contributed by atoms with van der Waals surface area (Å²) < 4.78 is 0. The first-order valence-electron chi connectivity index (χ1n) is 3.78. The number of halogens is 2. The molecule has 70 valence electrons. The molecule has 4 heteroatoms. The smallest absolute Gasteiger partial charge is 0.217 e. The molecule has 0 spiro atoms. The van der Waals surface area contributed by atoms with E-state index in [2.05, 4.69) is 5.32 Å². The van der Waals surface area contributed by atoms with Crippen LogP contribution < -0.4 is 5.32 Å². The van der Waals surface area contributed by atoms with Crippen molar-refractivity contribution < 1.29 is 4.79 Å². The van der Waals surface area contributed by atoms with Crippen LogP contribution in [0.5, 0.6) is 0 Å². The number of benzene rings is 1. The Balaban J connectivity index is 2.72. The molecule has 1 rings (SSSR count). The van der Waals surface area contributed by atoms with E-state index in [1.54, 1.807) is 18.2 Å². The molecule has 0 saturated heterocycles. The van der Waals surface area contributed by atoms with Gasteiger partial charge in [-0.3, -0.25) is 4.79 Å². The van der Waals surface area contributed by atoms with Gasteiger partial charge in [-0.15, -0.1) is 0 Å². The van der Waals surface area contributed by atoms with Crippen LogP contribution in [0.2, 0.25) is 10.0 Å². The van der Waals surface area contributed by atoms with E-state index in [1.807, 2.05) is 0 Å². The fourth-order valence-corrected chi connectivity index (χ4v) is 1.36. The van der Waals surface area contributed by atoms with Gasteiger partial charge in [0.15, 0.2) is 0 Å². The first kappa shape index (κ1) is 10.4. The van der Waals surface area contributed by atoms with Crippen molar-refractivity contribution in [3.63, 3.8) is 0 Å². The molecule has 0 bridgehead atoms. The third kappa shape index (κ3) is 3.25. The average Bonchev–Trinajstić information content (AvgIpc) is 2.02. The van der Waals surface area contributed by atoms with Crippen LogP contribution in [0.1, 0.15) is 12.5 Å². The molecule has 0 aliphatic heterocycles. The Morgan fingerprint density at radius 2 is 2.15 bits per heavy atom. The minimum absolute atomic E-state index is 0.0778. The molecule has 0 saturated carbocycles. The van der Waals surface area contributed by atoms with Crippen molar-refractivity contribution >= 4 is 29.1 Å². The van der Waals surface area contributed by atoms with Crippen LogP contribution in [0.3, 0.4) is 0 Å². The van der Waals surface area contributed by atoms with Crippen LogP contribution in [0, 0.1) is 0 Å². The summed E-state index contributed by atoms with van der Waals surface area (Å²) in [5.41, 5.74) is 0.862. The Labute approximate surface area is 86.8 Å². The van der Waals surface area contributed by atoms with Gasteiger partial charge in [0.2, 0.25) is 5.91 Å². The third-order valence-corrected chi connectivity index (χ3v) is 2.13. The van der Waals surface area contributed by atoms with Crippen LogP contribution >= 0.6 is 23.2 Å². The lowest BCUT2D eigenvalue weighted by Gasteiger charge is -2.04. The molecule has 1 aromatic rings. The molecule has 13 heavy (non-hydrogen) atoms. The van der Waals surface area contributed by atoms with E-state index in [9.17, 15) is 4.79 Å². The molecular weight excluding hydrogens is 209 g/mol. The summed E-state index contributed by atoms with van der Waals surface area (Å²) in [7, 11) is 0. The Bertz CT molecular complexity index is 325. The Hall–Kier alpha value is -0.730. The topological polar surface area (TPSA) is 29.1 Å². The maximum absolute atomic E-state index is 10.6. The largest absolute Gasteiger partial charge is 0.352 e. The molecule has 0 atom stereocenters. The van der Waals surface area contributed by atoms with Gasteiger partial charge >= 0.3 is 0 Å². The van der Waals surface area contributed by atoms with Gasteiger partial charge in [-0.25, -0.2) is 0 Å². The van der Waals surface area contributed by atoms with Crippen molar-refractivity contribution in [2.24, 2.45) is 0 Å². The first-order chi connectivity index (χ1) is 6.09. The molecule has 1 N–H and O–H groups in total. The maximum Gasteiger partial charge on any atom is 0.217 e. The van der Waals surface area contributed by atoms with Gasteiger partial charge in [-0.05, 0) is 17.7 Å². The molecule has 0 aliphatic rings. The lowest BCUT2D eigenvalue weighted by Crippen LogP contribution is -2.18. The van der Waals surface area contributed by atoms with Crippen molar-refractivity contribution in [3.05, 3.63) is 33.8 Å². The highest BCUT2D eigenvalue weighted by molar-refractivity contribution is 6.35. The molecule has 0 heterocycles. The SMILES string of the molecule is CC(=O)NCc1ccc(Cl)cc1Cl. The van der Waals surface area contributed by atoms with Crippen molar-refractivity contribution in [1.29, 1.82) is 0 Å². The average molecular weight is 218 g/mol. The van der Waals surface area contributed by atoms with Crippen LogP contribution in [0.15, 0.2) is 18.2 Å². The molecule has 1 amide bonds. The van der Waals surface area contributed by atoms with E-state index < -0.39 is 0 Å². The van der Waals surface area contributed by atoms with E-state index in [1.165, 1.54) is 6.92 Å². The minimum Gasteiger partial charge on any atom is -0.352 e. The van der Waals surface area contributed by atoms with Crippen molar-refractivity contribution in [3.8, 4) is 0 Å². The highest BCUT2D eigenvalue weighted by Gasteiger charge is 2.01. The van der Waals surface area contributed by atoms with Gasteiger partial charge in [-0.2, -0.15) is 0 Å². The molecule has 0 unspecified atom stereocenters. The number of amides is 1. The van der Waals surface area contributed by atoms with Crippen LogP contribution in [0.25, 0.3) is 0 Å². The number of nitrogens with one attached hydrogen (secondary N) is 1. The predicted octanol–water partition coefficient (Wildman–Crippen LogP) is 2.63. The number of carbonyl (C=O) groups is 1. The molecule has 2 nitrogen and oxygen atoms in total. The number of hydrogen-bond acceptors (Lipinski definition) is 1. The van der Waals surface area contributed by atoms with Gasteiger partial charge in [0.1, 0.15) is 0 Å². The third-order valence-electron chi connectivity index (χ3n) is 1.54. The number of rotatable bonds is 2. The summed E-state index contributed by atoms with van der Waals surface area (Å²) in [5.74, 6) is -0.0778.